The lowest BCUT2D eigenvalue weighted by molar-refractivity contribution is 0.402. The van der Waals surface area contributed by atoms with Crippen molar-refractivity contribution in [1.29, 1.82) is 0 Å². The van der Waals surface area contributed by atoms with E-state index in [1.807, 2.05) is 24.3 Å². The number of aryl methyl sites for hydroxylation is 1. The monoisotopic (exact) mass is 369 g/mol. The molecule has 0 saturated carbocycles. The molecule has 0 atom stereocenters. The standard InChI is InChI=1S/C17H20ClNO4S/c1-22-15-7-3-5-13(11-15)6-4-10-19-24(20,21)17-12-14(18)8-9-16(17)23-2/h3,5,7-9,11-12,19H,4,6,10H2,1-2H3. The second kappa shape index (κ2) is 8.37. The minimum absolute atomic E-state index is 0.0406. The minimum atomic E-state index is -3.68. The third kappa shape index (κ3) is 4.87. The zero-order valence-electron chi connectivity index (χ0n) is 13.6. The van der Waals surface area contributed by atoms with Gasteiger partial charge >= 0.3 is 0 Å². The maximum Gasteiger partial charge on any atom is 0.244 e. The molecule has 130 valence electrons. The summed E-state index contributed by atoms with van der Waals surface area (Å²) in [5, 5.41) is 0.340. The van der Waals surface area contributed by atoms with Gasteiger partial charge in [0.2, 0.25) is 10.0 Å². The van der Waals surface area contributed by atoms with Crippen LogP contribution in [-0.2, 0) is 16.4 Å². The highest BCUT2D eigenvalue weighted by molar-refractivity contribution is 7.89. The van der Waals surface area contributed by atoms with E-state index >= 15 is 0 Å². The van der Waals surface area contributed by atoms with Gasteiger partial charge in [-0.1, -0.05) is 23.7 Å². The first-order chi connectivity index (χ1) is 11.5. The fourth-order valence-electron chi connectivity index (χ4n) is 2.27. The first kappa shape index (κ1) is 18.6. The third-order valence-electron chi connectivity index (χ3n) is 3.48. The van der Waals surface area contributed by atoms with Crippen molar-refractivity contribution < 1.29 is 17.9 Å². The Morgan fingerprint density at radius 2 is 1.88 bits per heavy atom. The summed E-state index contributed by atoms with van der Waals surface area (Å²) in [6, 6.07) is 12.2. The molecule has 0 amide bonds. The van der Waals surface area contributed by atoms with Crippen molar-refractivity contribution in [2.75, 3.05) is 20.8 Å². The van der Waals surface area contributed by atoms with Crippen LogP contribution in [0.5, 0.6) is 11.5 Å². The second-order valence-corrected chi connectivity index (χ2v) is 7.32. The van der Waals surface area contributed by atoms with Crippen LogP contribution in [0.1, 0.15) is 12.0 Å². The predicted octanol–water partition coefficient (Wildman–Crippen LogP) is 3.27. The Morgan fingerprint density at radius 1 is 1.08 bits per heavy atom. The summed E-state index contributed by atoms with van der Waals surface area (Å²) in [6.07, 6.45) is 1.40. The van der Waals surface area contributed by atoms with Gasteiger partial charge in [-0.05, 0) is 48.7 Å². The van der Waals surface area contributed by atoms with Crippen LogP contribution in [0.15, 0.2) is 47.4 Å². The molecule has 0 saturated heterocycles. The van der Waals surface area contributed by atoms with Gasteiger partial charge in [0.1, 0.15) is 16.4 Å². The molecule has 24 heavy (non-hydrogen) atoms. The number of sulfonamides is 1. The van der Waals surface area contributed by atoms with Crippen molar-refractivity contribution in [2.45, 2.75) is 17.7 Å². The number of halogens is 1. The van der Waals surface area contributed by atoms with E-state index in [1.54, 1.807) is 13.2 Å². The molecular weight excluding hydrogens is 350 g/mol. The molecule has 0 aliphatic rings. The molecule has 7 heteroatoms. The fraction of sp³-hybridized carbons (Fsp3) is 0.294. The first-order valence-electron chi connectivity index (χ1n) is 7.42. The quantitative estimate of drug-likeness (QED) is 0.725. The summed E-state index contributed by atoms with van der Waals surface area (Å²) in [6.45, 7) is 0.315. The molecule has 0 aromatic heterocycles. The summed E-state index contributed by atoms with van der Waals surface area (Å²) in [5.41, 5.74) is 1.09. The predicted molar refractivity (Wildman–Crippen MR) is 94.5 cm³/mol. The second-order valence-electron chi connectivity index (χ2n) is 5.15. The molecule has 5 nitrogen and oxygen atoms in total. The van der Waals surface area contributed by atoms with Gasteiger partial charge in [-0.3, -0.25) is 0 Å². The topological polar surface area (TPSA) is 64.6 Å². The van der Waals surface area contributed by atoms with E-state index in [9.17, 15) is 8.42 Å². The number of benzene rings is 2. The van der Waals surface area contributed by atoms with E-state index in [2.05, 4.69) is 4.72 Å². The highest BCUT2D eigenvalue weighted by atomic mass is 35.5. The Hall–Kier alpha value is -1.76. The van der Waals surface area contributed by atoms with E-state index in [0.717, 1.165) is 17.7 Å². The van der Waals surface area contributed by atoms with Crippen LogP contribution in [0.25, 0.3) is 0 Å². The van der Waals surface area contributed by atoms with Crippen molar-refractivity contribution in [3.63, 3.8) is 0 Å². The maximum absolute atomic E-state index is 12.4. The first-order valence-corrected chi connectivity index (χ1v) is 9.28. The number of hydrogen-bond acceptors (Lipinski definition) is 4. The van der Waals surface area contributed by atoms with E-state index in [-0.39, 0.29) is 10.6 Å². The van der Waals surface area contributed by atoms with Crippen LogP contribution in [0.3, 0.4) is 0 Å². The summed E-state index contributed by atoms with van der Waals surface area (Å²) in [7, 11) is -0.639. The Kier molecular flexibility index (Phi) is 6.48. The molecule has 0 aliphatic carbocycles. The molecule has 0 unspecified atom stereocenters. The fourth-order valence-corrected chi connectivity index (χ4v) is 3.77. The van der Waals surface area contributed by atoms with Crippen LogP contribution >= 0.6 is 11.6 Å². The molecular formula is C17H20ClNO4S. The summed E-state index contributed by atoms with van der Waals surface area (Å²) >= 11 is 5.89. The number of rotatable bonds is 8. The molecule has 0 spiro atoms. The van der Waals surface area contributed by atoms with Gasteiger partial charge < -0.3 is 9.47 Å². The van der Waals surface area contributed by atoms with Gasteiger partial charge in [0.05, 0.1) is 14.2 Å². The average Bonchev–Trinajstić information content (AvgIpc) is 2.59. The lowest BCUT2D eigenvalue weighted by Gasteiger charge is -2.11. The van der Waals surface area contributed by atoms with Crippen LogP contribution in [0.2, 0.25) is 5.02 Å². The van der Waals surface area contributed by atoms with Gasteiger partial charge in [-0.15, -0.1) is 0 Å². The van der Waals surface area contributed by atoms with E-state index in [4.69, 9.17) is 21.1 Å². The summed E-state index contributed by atoms with van der Waals surface area (Å²) in [4.78, 5) is 0.0406. The van der Waals surface area contributed by atoms with Crippen LogP contribution in [0.4, 0.5) is 0 Å². The lowest BCUT2D eigenvalue weighted by atomic mass is 10.1. The van der Waals surface area contributed by atoms with E-state index in [0.29, 0.717) is 18.0 Å². The molecule has 0 aliphatic heterocycles. The van der Waals surface area contributed by atoms with Crippen molar-refractivity contribution in [3.05, 3.63) is 53.1 Å². The largest absolute Gasteiger partial charge is 0.497 e. The van der Waals surface area contributed by atoms with Crippen LogP contribution in [-0.4, -0.2) is 29.2 Å². The van der Waals surface area contributed by atoms with Crippen LogP contribution in [0, 0.1) is 0 Å². The summed E-state index contributed by atoms with van der Waals surface area (Å²) in [5.74, 6) is 1.05. The highest BCUT2D eigenvalue weighted by Gasteiger charge is 2.19. The smallest absolute Gasteiger partial charge is 0.244 e. The SMILES string of the molecule is COc1cccc(CCCNS(=O)(=O)c2cc(Cl)ccc2OC)c1. The molecule has 0 bridgehead atoms. The normalized spacial score (nSPS) is 11.3. The molecule has 0 fully saturated rings. The molecule has 2 rings (SSSR count). The minimum Gasteiger partial charge on any atom is -0.497 e. The van der Waals surface area contributed by atoms with Crippen LogP contribution < -0.4 is 14.2 Å². The maximum atomic E-state index is 12.4. The lowest BCUT2D eigenvalue weighted by Crippen LogP contribution is -2.25. The van der Waals surface area contributed by atoms with E-state index < -0.39 is 10.0 Å². The van der Waals surface area contributed by atoms with Gasteiger partial charge in [0.15, 0.2) is 0 Å². The average molecular weight is 370 g/mol. The van der Waals surface area contributed by atoms with Gasteiger partial charge in [-0.25, -0.2) is 13.1 Å². The van der Waals surface area contributed by atoms with Crippen molar-refractivity contribution in [2.24, 2.45) is 0 Å². The Labute approximate surface area is 147 Å². The molecule has 2 aromatic rings. The Bertz CT molecular complexity index is 793. The molecule has 0 heterocycles. The summed E-state index contributed by atoms with van der Waals surface area (Å²) < 4.78 is 37.7. The molecule has 0 radical (unpaired) electrons. The Balaban J connectivity index is 1.97. The van der Waals surface area contributed by atoms with Gasteiger partial charge in [-0.2, -0.15) is 0 Å². The Morgan fingerprint density at radius 3 is 2.58 bits per heavy atom. The third-order valence-corrected chi connectivity index (χ3v) is 5.20. The highest BCUT2D eigenvalue weighted by Crippen LogP contribution is 2.26. The number of hydrogen-bond donors (Lipinski definition) is 1. The number of methoxy groups -OCH3 is 2. The zero-order valence-corrected chi connectivity index (χ0v) is 15.2. The van der Waals surface area contributed by atoms with Crippen molar-refractivity contribution in [3.8, 4) is 11.5 Å². The van der Waals surface area contributed by atoms with Gasteiger partial charge in [0, 0.05) is 11.6 Å². The van der Waals surface area contributed by atoms with Gasteiger partial charge in [0.25, 0.3) is 0 Å². The molecule has 2 aromatic carbocycles. The van der Waals surface area contributed by atoms with Crippen molar-refractivity contribution >= 4 is 21.6 Å². The zero-order chi connectivity index (χ0) is 17.6. The number of ether oxygens (including phenoxy) is 2. The molecule has 1 N–H and O–H groups in total. The van der Waals surface area contributed by atoms with Crippen molar-refractivity contribution in [1.82, 2.24) is 4.72 Å². The number of nitrogens with one attached hydrogen (secondary N) is 1. The van der Waals surface area contributed by atoms with E-state index in [1.165, 1.54) is 19.2 Å².